The number of Topliss-reactive ketones (excluding diaryl/α,β-unsaturated/α-hetero) is 1. The molecule has 0 aromatic rings. The van der Waals surface area contributed by atoms with Gasteiger partial charge in [0.1, 0.15) is 5.78 Å². The van der Waals surface area contributed by atoms with Crippen molar-refractivity contribution in [2.75, 3.05) is 0 Å². The summed E-state index contributed by atoms with van der Waals surface area (Å²) >= 11 is 0. The van der Waals surface area contributed by atoms with Gasteiger partial charge in [0, 0.05) is 5.92 Å². The zero-order valence-corrected chi connectivity index (χ0v) is 8.47. The average Bonchev–Trinajstić information content (AvgIpc) is 2.04. The van der Waals surface area contributed by atoms with Crippen molar-refractivity contribution >= 4 is 5.78 Å². The van der Waals surface area contributed by atoms with E-state index in [2.05, 4.69) is 13.8 Å². The SMILES string of the molecule is CC(=O)[C@@H]1CCCC[C@H]1C(C)C. The molecule has 1 saturated carbocycles. The Kier molecular flexibility index (Phi) is 3.30. The zero-order chi connectivity index (χ0) is 9.14. The van der Waals surface area contributed by atoms with Crippen molar-refractivity contribution in [2.24, 2.45) is 17.8 Å². The monoisotopic (exact) mass is 168 g/mol. The minimum atomic E-state index is 0.374. The van der Waals surface area contributed by atoms with Gasteiger partial charge in [-0.2, -0.15) is 0 Å². The molecule has 12 heavy (non-hydrogen) atoms. The van der Waals surface area contributed by atoms with Crippen LogP contribution in [0.25, 0.3) is 0 Å². The molecule has 1 heteroatoms. The van der Waals surface area contributed by atoms with Crippen LogP contribution in [0.15, 0.2) is 0 Å². The minimum Gasteiger partial charge on any atom is -0.300 e. The van der Waals surface area contributed by atoms with Crippen LogP contribution >= 0.6 is 0 Å². The van der Waals surface area contributed by atoms with E-state index in [9.17, 15) is 4.79 Å². The summed E-state index contributed by atoms with van der Waals surface area (Å²) in [6.45, 7) is 6.24. The number of carbonyl (C=O) groups is 1. The van der Waals surface area contributed by atoms with E-state index in [0.29, 0.717) is 23.5 Å². The molecule has 70 valence electrons. The second kappa shape index (κ2) is 4.06. The maximum Gasteiger partial charge on any atom is 0.133 e. The molecule has 0 aromatic carbocycles. The first-order valence-corrected chi connectivity index (χ1v) is 5.13. The highest BCUT2D eigenvalue weighted by Gasteiger charge is 2.30. The molecule has 0 aliphatic heterocycles. The quantitative estimate of drug-likeness (QED) is 0.619. The Bertz CT molecular complexity index is 160. The van der Waals surface area contributed by atoms with Crippen LogP contribution in [0.1, 0.15) is 46.5 Å². The van der Waals surface area contributed by atoms with Crippen molar-refractivity contribution in [3.8, 4) is 0 Å². The first kappa shape index (κ1) is 9.76. The summed E-state index contributed by atoms with van der Waals surface area (Å²) in [7, 11) is 0. The fraction of sp³-hybridized carbons (Fsp3) is 0.909. The van der Waals surface area contributed by atoms with E-state index >= 15 is 0 Å². The molecule has 0 heterocycles. The molecule has 0 aromatic heterocycles. The van der Waals surface area contributed by atoms with E-state index in [1.165, 1.54) is 19.3 Å². The molecular weight excluding hydrogens is 148 g/mol. The third kappa shape index (κ3) is 2.09. The van der Waals surface area contributed by atoms with Gasteiger partial charge in [-0.3, -0.25) is 4.79 Å². The van der Waals surface area contributed by atoms with E-state index in [1.807, 2.05) is 0 Å². The molecular formula is C11H20O. The van der Waals surface area contributed by atoms with Crippen molar-refractivity contribution in [3.63, 3.8) is 0 Å². The molecule has 1 rings (SSSR count). The lowest BCUT2D eigenvalue weighted by Crippen LogP contribution is -2.29. The zero-order valence-electron chi connectivity index (χ0n) is 8.47. The number of hydrogen-bond donors (Lipinski definition) is 0. The average molecular weight is 168 g/mol. The Labute approximate surface area is 75.5 Å². The Morgan fingerprint density at radius 1 is 1.25 bits per heavy atom. The lowest BCUT2D eigenvalue weighted by molar-refractivity contribution is -0.124. The summed E-state index contributed by atoms with van der Waals surface area (Å²) in [4.78, 5) is 11.3. The topological polar surface area (TPSA) is 17.1 Å². The molecule has 1 fully saturated rings. The van der Waals surface area contributed by atoms with Crippen LogP contribution in [0.5, 0.6) is 0 Å². The number of ketones is 1. The van der Waals surface area contributed by atoms with Gasteiger partial charge >= 0.3 is 0 Å². The molecule has 0 spiro atoms. The Balaban J connectivity index is 2.60. The summed E-state index contributed by atoms with van der Waals surface area (Å²) in [5.74, 6) is 2.13. The van der Waals surface area contributed by atoms with Gasteiger partial charge in [0.05, 0.1) is 0 Å². The third-order valence-corrected chi connectivity index (χ3v) is 3.20. The second-order valence-electron chi connectivity index (χ2n) is 4.41. The molecule has 0 amide bonds. The fourth-order valence-corrected chi connectivity index (χ4v) is 2.46. The van der Waals surface area contributed by atoms with E-state index in [4.69, 9.17) is 0 Å². The maximum atomic E-state index is 11.3. The lowest BCUT2D eigenvalue weighted by Gasteiger charge is -2.32. The molecule has 0 saturated heterocycles. The van der Waals surface area contributed by atoms with Crippen LogP contribution in [-0.2, 0) is 4.79 Å². The smallest absolute Gasteiger partial charge is 0.133 e. The first-order chi connectivity index (χ1) is 5.63. The summed E-state index contributed by atoms with van der Waals surface area (Å²) in [6.07, 6.45) is 4.99. The van der Waals surface area contributed by atoms with E-state index in [0.717, 1.165) is 6.42 Å². The molecule has 0 N–H and O–H groups in total. The molecule has 0 radical (unpaired) electrons. The molecule has 1 aliphatic rings. The second-order valence-corrected chi connectivity index (χ2v) is 4.41. The highest BCUT2D eigenvalue weighted by molar-refractivity contribution is 5.78. The number of carbonyl (C=O) groups excluding carboxylic acids is 1. The van der Waals surface area contributed by atoms with Crippen molar-refractivity contribution in [2.45, 2.75) is 46.5 Å². The van der Waals surface area contributed by atoms with E-state index in [-0.39, 0.29) is 0 Å². The maximum absolute atomic E-state index is 11.3. The van der Waals surface area contributed by atoms with Gasteiger partial charge in [-0.05, 0) is 31.6 Å². The predicted octanol–water partition coefficient (Wildman–Crippen LogP) is 3.04. The summed E-state index contributed by atoms with van der Waals surface area (Å²) in [6, 6.07) is 0. The number of rotatable bonds is 2. The number of hydrogen-bond acceptors (Lipinski definition) is 1. The van der Waals surface area contributed by atoms with Crippen molar-refractivity contribution in [1.29, 1.82) is 0 Å². The minimum absolute atomic E-state index is 0.374. The summed E-state index contributed by atoms with van der Waals surface area (Å²) in [5, 5.41) is 0. The van der Waals surface area contributed by atoms with Gasteiger partial charge < -0.3 is 0 Å². The normalized spacial score (nSPS) is 30.7. The Morgan fingerprint density at radius 3 is 2.25 bits per heavy atom. The van der Waals surface area contributed by atoms with Crippen molar-refractivity contribution in [1.82, 2.24) is 0 Å². The molecule has 1 nitrogen and oxygen atoms in total. The van der Waals surface area contributed by atoms with E-state index < -0.39 is 0 Å². The molecule has 1 aliphatic carbocycles. The third-order valence-electron chi connectivity index (χ3n) is 3.20. The van der Waals surface area contributed by atoms with Crippen LogP contribution in [0.4, 0.5) is 0 Å². The van der Waals surface area contributed by atoms with Gasteiger partial charge in [0.15, 0.2) is 0 Å². The Hall–Kier alpha value is -0.330. The van der Waals surface area contributed by atoms with Gasteiger partial charge in [-0.1, -0.05) is 26.7 Å². The summed E-state index contributed by atoms with van der Waals surface area (Å²) in [5.41, 5.74) is 0. The largest absolute Gasteiger partial charge is 0.300 e. The van der Waals surface area contributed by atoms with Crippen LogP contribution < -0.4 is 0 Å². The van der Waals surface area contributed by atoms with Gasteiger partial charge in [0.25, 0.3) is 0 Å². The predicted molar refractivity (Wildman–Crippen MR) is 51.0 cm³/mol. The van der Waals surface area contributed by atoms with Gasteiger partial charge in [-0.25, -0.2) is 0 Å². The Morgan fingerprint density at radius 2 is 1.83 bits per heavy atom. The molecule has 0 unspecified atom stereocenters. The van der Waals surface area contributed by atoms with Gasteiger partial charge in [0.2, 0.25) is 0 Å². The first-order valence-electron chi connectivity index (χ1n) is 5.13. The van der Waals surface area contributed by atoms with Crippen LogP contribution in [0, 0.1) is 17.8 Å². The van der Waals surface area contributed by atoms with Crippen LogP contribution in [0.2, 0.25) is 0 Å². The molecule has 0 bridgehead atoms. The van der Waals surface area contributed by atoms with Crippen molar-refractivity contribution in [3.05, 3.63) is 0 Å². The standard InChI is InChI=1S/C11H20O/c1-8(2)10-6-4-5-7-11(10)9(3)12/h8,10-11H,4-7H2,1-3H3/t10-,11-/m0/s1. The highest BCUT2D eigenvalue weighted by atomic mass is 16.1. The van der Waals surface area contributed by atoms with E-state index in [1.54, 1.807) is 6.92 Å². The van der Waals surface area contributed by atoms with Crippen LogP contribution in [-0.4, -0.2) is 5.78 Å². The highest BCUT2D eigenvalue weighted by Crippen LogP contribution is 2.35. The van der Waals surface area contributed by atoms with Crippen molar-refractivity contribution < 1.29 is 4.79 Å². The summed E-state index contributed by atoms with van der Waals surface area (Å²) < 4.78 is 0. The van der Waals surface area contributed by atoms with Crippen LogP contribution in [0.3, 0.4) is 0 Å². The fourth-order valence-electron chi connectivity index (χ4n) is 2.46. The van der Waals surface area contributed by atoms with Gasteiger partial charge in [-0.15, -0.1) is 0 Å². The lowest BCUT2D eigenvalue weighted by atomic mass is 9.72. The molecule has 2 atom stereocenters.